The molecule has 0 aromatic heterocycles. The molecule has 0 aliphatic carbocycles. The van der Waals surface area contributed by atoms with Crippen LogP contribution in [0.25, 0.3) is 10.8 Å². The van der Waals surface area contributed by atoms with Crippen molar-refractivity contribution in [3.05, 3.63) is 34.6 Å². The molecule has 0 aliphatic rings. The molecule has 2 aromatic carbocycles. The Hall–Kier alpha value is -1.55. The Morgan fingerprint density at radius 2 is 1.95 bits per heavy atom. The monoisotopic (exact) mass is 403 g/mol. The molecule has 0 radical (unpaired) electrons. The first-order chi connectivity index (χ1) is 10.6. The van der Waals surface area contributed by atoms with Crippen LogP contribution < -0.4 is 8.92 Å². The Morgan fingerprint density at radius 1 is 1.27 bits per heavy atom. The SMILES string of the molecule is [2H]COc1c(F)ccc2cc(OS(=O)(=O)C(F)(F)F)cc(Br)c12. The molecule has 0 unspecified atom stereocenters. The lowest BCUT2D eigenvalue weighted by atomic mass is 10.1. The van der Waals surface area contributed by atoms with Gasteiger partial charge in [0.1, 0.15) is 5.75 Å². The van der Waals surface area contributed by atoms with Crippen LogP contribution in [-0.2, 0) is 10.1 Å². The van der Waals surface area contributed by atoms with Gasteiger partial charge in [0.25, 0.3) is 0 Å². The molecule has 0 fully saturated rings. The summed E-state index contributed by atoms with van der Waals surface area (Å²) < 4.78 is 88.7. The van der Waals surface area contributed by atoms with Gasteiger partial charge in [-0.15, -0.1) is 0 Å². The Bertz CT molecular complexity index is 854. The quantitative estimate of drug-likeness (QED) is 0.441. The topological polar surface area (TPSA) is 52.6 Å². The average Bonchev–Trinajstić information content (AvgIpc) is 2.40. The summed E-state index contributed by atoms with van der Waals surface area (Å²) in [4.78, 5) is 0. The number of ether oxygens (including phenoxy) is 1. The third-order valence-corrected chi connectivity index (χ3v) is 4.19. The number of hydrogen-bond donors (Lipinski definition) is 0. The van der Waals surface area contributed by atoms with Crippen molar-refractivity contribution in [1.82, 2.24) is 0 Å². The fraction of sp³-hybridized carbons (Fsp3) is 0.167. The fourth-order valence-electron chi connectivity index (χ4n) is 1.69. The van der Waals surface area contributed by atoms with Crippen LogP contribution in [0.5, 0.6) is 11.5 Å². The van der Waals surface area contributed by atoms with Crippen molar-refractivity contribution in [2.45, 2.75) is 5.51 Å². The van der Waals surface area contributed by atoms with Crippen LogP contribution >= 0.6 is 15.9 Å². The molecule has 0 aliphatic heterocycles. The summed E-state index contributed by atoms with van der Waals surface area (Å²) in [6.45, 7) is 0. The van der Waals surface area contributed by atoms with Crippen molar-refractivity contribution >= 4 is 36.8 Å². The standard InChI is InChI=1S/C12H7BrF4O4S/c1-20-11-9(14)3-2-6-4-7(5-8(13)10(6)11)21-22(18,19)12(15,16)17/h2-5H,1H3/i1D. The third-order valence-electron chi connectivity index (χ3n) is 2.58. The molecular formula is C12H7BrF4O4S. The zero-order chi connectivity index (χ0) is 17.4. The molecule has 22 heavy (non-hydrogen) atoms. The zero-order valence-corrected chi connectivity index (χ0v) is 12.9. The minimum absolute atomic E-state index is 0.0466. The molecule has 0 saturated heterocycles. The Morgan fingerprint density at radius 3 is 2.55 bits per heavy atom. The molecule has 0 amide bonds. The first-order valence-electron chi connectivity index (χ1n) is 6.12. The predicted octanol–water partition coefficient (Wildman–Crippen LogP) is 3.98. The van der Waals surface area contributed by atoms with Crippen LogP contribution in [0.3, 0.4) is 0 Å². The van der Waals surface area contributed by atoms with E-state index in [1.165, 1.54) is 6.07 Å². The molecule has 2 rings (SSSR count). The maximum Gasteiger partial charge on any atom is 0.534 e. The van der Waals surface area contributed by atoms with Crippen molar-refractivity contribution in [3.8, 4) is 11.5 Å². The fourth-order valence-corrected chi connectivity index (χ4v) is 2.77. The molecule has 0 N–H and O–H groups in total. The van der Waals surface area contributed by atoms with E-state index in [1.54, 1.807) is 0 Å². The molecule has 0 spiro atoms. The first-order valence-corrected chi connectivity index (χ1v) is 7.61. The van der Waals surface area contributed by atoms with Crippen LogP contribution in [-0.4, -0.2) is 21.0 Å². The number of hydrogen-bond acceptors (Lipinski definition) is 4. The van der Waals surface area contributed by atoms with Gasteiger partial charge in [-0.1, -0.05) is 6.07 Å². The second-order valence-corrected chi connectivity index (χ2v) is 6.40. The zero-order valence-electron chi connectivity index (χ0n) is 11.4. The van der Waals surface area contributed by atoms with Gasteiger partial charge in [0.15, 0.2) is 11.6 Å². The second-order valence-electron chi connectivity index (χ2n) is 4.01. The smallest absolute Gasteiger partial charge is 0.493 e. The lowest BCUT2D eigenvalue weighted by Gasteiger charge is -2.12. The molecule has 0 saturated carbocycles. The number of rotatable bonds is 3. The van der Waals surface area contributed by atoms with E-state index in [2.05, 4.69) is 20.1 Å². The number of benzene rings is 2. The third kappa shape index (κ3) is 2.98. The van der Waals surface area contributed by atoms with Crippen LogP contribution in [0, 0.1) is 5.82 Å². The van der Waals surface area contributed by atoms with Crippen molar-refractivity contribution < 1.29 is 36.3 Å². The van der Waals surface area contributed by atoms with Gasteiger partial charge in [0, 0.05) is 9.86 Å². The summed E-state index contributed by atoms with van der Waals surface area (Å²) >= 11 is 3.00. The molecular weight excluding hydrogens is 396 g/mol. The molecule has 120 valence electrons. The minimum Gasteiger partial charge on any atom is -0.493 e. The largest absolute Gasteiger partial charge is 0.534 e. The van der Waals surface area contributed by atoms with E-state index in [-0.39, 0.29) is 21.0 Å². The van der Waals surface area contributed by atoms with E-state index in [0.29, 0.717) is 0 Å². The molecule has 0 atom stereocenters. The van der Waals surface area contributed by atoms with Gasteiger partial charge >= 0.3 is 15.6 Å². The molecule has 4 nitrogen and oxygen atoms in total. The molecule has 2 aromatic rings. The van der Waals surface area contributed by atoms with Gasteiger partial charge in [-0.3, -0.25) is 0 Å². The number of fused-ring (bicyclic) bond motifs is 1. The number of methoxy groups -OCH3 is 1. The summed E-state index contributed by atoms with van der Waals surface area (Å²) in [5.74, 6) is -1.67. The highest BCUT2D eigenvalue weighted by Gasteiger charge is 2.48. The van der Waals surface area contributed by atoms with E-state index < -0.39 is 34.3 Å². The lowest BCUT2D eigenvalue weighted by molar-refractivity contribution is -0.0500. The minimum atomic E-state index is -5.82. The molecule has 0 heterocycles. The van der Waals surface area contributed by atoms with Gasteiger partial charge < -0.3 is 8.92 Å². The molecule has 10 heteroatoms. The van der Waals surface area contributed by atoms with Crippen molar-refractivity contribution in [2.75, 3.05) is 7.09 Å². The maximum absolute atomic E-state index is 13.7. The van der Waals surface area contributed by atoms with Gasteiger partial charge in [0.2, 0.25) is 0 Å². The van der Waals surface area contributed by atoms with Gasteiger partial charge in [-0.25, -0.2) is 4.39 Å². The van der Waals surface area contributed by atoms with E-state index in [1.807, 2.05) is 0 Å². The van der Waals surface area contributed by atoms with Crippen molar-refractivity contribution in [1.29, 1.82) is 0 Å². The Labute approximate surface area is 132 Å². The van der Waals surface area contributed by atoms with E-state index >= 15 is 0 Å². The van der Waals surface area contributed by atoms with Gasteiger partial charge in [-0.05, 0) is 39.5 Å². The lowest BCUT2D eigenvalue weighted by Crippen LogP contribution is -2.28. The first kappa shape index (κ1) is 15.3. The van der Waals surface area contributed by atoms with Crippen molar-refractivity contribution in [3.63, 3.8) is 0 Å². The predicted molar refractivity (Wildman–Crippen MR) is 73.8 cm³/mol. The van der Waals surface area contributed by atoms with E-state index in [9.17, 15) is 26.0 Å². The highest BCUT2D eigenvalue weighted by atomic mass is 79.9. The summed E-state index contributed by atoms with van der Waals surface area (Å²) in [7, 11) is -6.40. The average molecular weight is 404 g/mol. The maximum atomic E-state index is 13.7. The summed E-state index contributed by atoms with van der Waals surface area (Å²) in [5.41, 5.74) is -5.57. The normalized spacial score (nSPS) is 13.0. The number of halogens is 5. The van der Waals surface area contributed by atoms with E-state index in [4.69, 9.17) is 6.11 Å². The van der Waals surface area contributed by atoms with Crippen LogP contribution in [0.15, 0.2) is 28.7 Å². The highest BCUT2D eigenvalue weighted by Crippen LogP contribution is 2.38. The van der Waals surface area contributed by atoms with Crippen LogP contribution in [0.2, 0.25) is 0 Å². The summed E-state index contributed by atoms with van der Waals surface area (Å²) in [5, 5.41) is 0.297. The van der Waals surface area contributed by atoms with E-state index in [0.717, 1.165) is 18.2 Å². The number of alkyl halides is 3. The summed E-state index contributed by atoms with van der Waals surface area (Å²) in [6.07, 6.45) is 0. The Kier molecular flexibility index (Phi) is 3.89. The molecule has 0 bridgehead atoms. The van der Waals surface area contributed by atoms with Crippen molar-refractivity contribution in [2.24, 2.45) is 0 Å². The highest BCUT2D eigenvalue weighted by molar-refractivity contribution is 9.10. The van der Waals surface area contributed by atoms with Gasteiger partial charge in [-0.2, -0.15) is 21.6 Å². The van der Waals surface area contributed by atoms with Gasteiger partial charge in [0.05, 0.1) is 8.46 Å². The van der Waals surface area contributed by atoms with Crippen LogP contribution in [0.4, 0.5) is 17.6 Å². The second kappa shape index (κ2) is 5.58. The summed E-state index contributed by atoms with van der Waals surface area (Å²) in [6, 6.07) is 4.10. The Balaban J connectivity index is 2.58. The van der Waals surface area contributed by atoms with Crippen LogP contribution in [0.1, 0.15) is 1.37 Å².